The number of aliphatic hydroxyl groups is 2. The molecule has 2 unspecified atom stereocenters. The van der Waals surface area contributed by atoms with Gasteiger partial charge < -0.3 is 20.3 Å². The average molecular weight is 397 g/mol. The van der Waals surface area contributed by atoms with Crippen LogP contribution in [0.15, 0.2) is 54.6 Å². The van der Waals surface area contributed by atoms with Crippen LogP contribution in [0.3, 0.4) is 0 Å². The van der Waals surface area contributed by atoms with Gasteiger partial charge >= 0.3 is 12.3 Å². The van der Waals surface area contributed by atoms with Gasteiger partial charge in [0.25, 0.3) is 5.78 Å². The van der Waals surface area contributed by atoms with Crippen LogP contribution in [-0.4, -0.2) is 40.9 Å². The van der Waals surface area contributed by atoms with Gasteiger partial charge in [-0.25, -0.2) is 4.79 Å². The van der Waals surface area contributed by atoms with Crippen LogP contribution in [0.2, 0.25) is 0 Å². The normalized spacial score (nSPS) is 13.5. The lowest BCUT2D eigenvalue weighted by Gasteiger charge is -2.19. The van der Waals surface area contributed by atoms with E-state index in [1.54, 1.807) is 24.3 Å². The summed E-state index contributed by atoms with van der Waals surface area (Å²) in [5.74, 6) is -2.00. The molecule has 0 saturated heterocycles. The first-order chi connectivity index (χ1) is 13.2. The quantitative estimate of drug-likeness (QED) is 0.625. The van der Waals surface area contributed by atoms with Crippen LogP contribution in [0.1, 0.15) is 27.6 Å². The van der Waals surface area contributed by atoms with Gasteiger partial charge in [0.05, 0.1) is 0 Å². The van der Waals surface area contributed by atoms with Gasteiger partial charge in [0, 0.05) is 12.1 Å². The fraction of sp³-hybridized carbons (Fsp3) is 0.263. The number of amides is 1. The molecule has 0 spiro atoms. The number of Topliss-reactive ketones (excluding diaryl/α,β-unsaturated/α-hetero) is 1. The second kappa shape index (κ2) is 9.34. The fourth-order valence-corrected chi connectivity index (χ4v) is 2.29. The number of alkyl halides is 3. The third-order valence-electron chi connectivity index (χ3n) is 3.80. The Morgan fingerprint density at radius 2 is 1.61 bits per heavy atom. The van der Waals surface area contributed by atoms with Gasteiger partial charge in [0.1, 0.15) is 18.8 Å². The van der Waals surface area contributed by atoms with Crippen molar-refractivity contribution >= 4 is 11.9 Å². The molecule has 0 radical (unpaired) electrons. The number of ketones is 1. The molecular weight excluding hydrogens is 379 g/mol. The van der Waals surface area contributed by atoms with E-state index < -0.39 is 35.8 Å². The summed E-state index contributed by atoms with van der Waals surface area (Å²) >= 11 is 0. The molecule has 0 bridgehead atoms. The third kappa shape index (κ3) is 6.07. The minimum atomic E-state index is -5.00. The van der Waals surface area contributed by atoms with Gasteiger partial charge in [-0.1, -0.05) is 54.6 Å². The molecule has 9 heteroatoms. The molecule has 0 fully saturated rings. The first kappa shape index (κ1) is 21.4. The van der Waals surface area contributed by atoms with Crippen molar-refractivity contribution in [3.05, 3.63) is 71.3 Å². The van der Waals surface area contributed by atoms with Crippen molar-refractivity contribution in [1.82, 2.24) is 5.32 Å². The molecule has 150 valence electrons. The Morgan fingerprint density at radius 3 is 2.18 bits per heavy atom. The Kier molecular flexibility index (Phi) is 7.13. The minimum absolute atomic E-state index is 0.0278. The summed E-state index contributed by atoms with van der Waals surface area (Å²) in [5, 5.41) is 22.3. The van der Waals surface area contributed by atoms with Gasteiger partial charge in [0.2, 0.25) is 0 Å². The van der Waals surface area contributed by atoms with Crippen LogP contribution in [0, 0.1) is 0 Å². The van der Waals surface area contributed by atoms with E-state index in [4.69, 9.17) is 4.74 Å². The molecule has 2 aromatic carbocycles. The van der Waals surface area contributed by atoms with Crippen molar-refractivity contribution in [3.63, 3.8) is 0 Å². The Bertz CT molecular complexity index is 793. The number of hydrogen-bond acceptors (Lipinski definition) is 5. The van der Waals surface area contributed by atoms with E-state index in [9.17, 15) is 33.0 Å². The van der Waals surface area contributed by atoms with Crippen molar-refractivity contribution in [2.45, 2.75) is 25.0 Å². The lowest BCUT2D eigenvalue weighted by atomic mass is 10.0. The van der Waals surface area contributed by atoms with Crippen LogP contribution in [0.5, 0.6) is 0 Å². The van der Waals surface area contributed by atoms with Crippen molar-refractivity contribution in [3.8, 4) is 0 Å². The molecule has 0 aliphatic rings. The summed E-state index contributed by atoms with van der Waals surface area (Å²) in [7, 11) is 0. The first-order valence-corrected chi connectivity index (χ1v) is 8.20. The van der Waals surface area contributed by atoms with Crippen molar-refractivity contribution < 1.29 is 37.7 Å². The maximum Gasteiger partial charge on any atom is 0.454 e. The number of benzene rings is 2. The highest BCUT2D eigenvalue weighted by Gasteiger charge is 2.39. The molecule has 28 heavy (non-hydrogen) atoms. The van der Waals surface area contributed by atoms with Gasteiger partial charge in [-0.3, -0.25) is 4.79 Å². The number of halogens is 3. The van der Waals surface area contributed by atoms with Crippen molar-refractivity contribution in [1.29, 1.82) is 0 Å². The highest BCUT2D eigenvalue weighted by Crippen LogP contribution is 2.23. The molecule has 3 N–H and O–H groups in total. The van der Waals surface area contributed by atoms with Crippen LogP contribution in [-0.2, 0) is 11.3 Å². The summed E-state index contributed by atoms with van der Waals surface area (Å²) < 4.78 is 42.1. The second-order valence-electron chi connectivity index (χ2n) is 5.90. The van der Waals surface area contributed by atoms with E-state index >= 15 is 0 Å². The number of hydrogen-bond donors (Lipinski definition) is 3. The van der Waals surface area contributed by atoms with E-state index in [2.05, 4.69) is 5.32 Å². The molecule has 2 rings (SSSR count). The van der Waals surface area contributed by atoms with E-state index in [0.29, 0.717) is 0 Å². The summed E-state index contributed by atoms with van der Waals surface area (Å²) in [6.07, 6.45) is -8.72. The van der Waals surface area contributed by atoms with Crippen LogP contribution < -0.4 is 5.32 Å². The van der Waals surface area contributed by atoms with Gasteiger partial charge in [-0.05, 0) is 11.1 Å². The maximum absolute atomic E-state index is 12.4. The van der Waals surface area contributed by atoms with E-state index in [-0.39, 0.29) is 18.7 Å². The zero-order valence-corrected chi connectivity index (χ0v) is 14.5. The van der Waals surface area contributed by atoms with Gasteiger partial charge in [-0.2, -0.15) is 13.2 Å². The monoisotopic (exact) mass is 397 g/mol. The van der Waals surface area contributed by atoms with Gasteiger partial charge in [0.15, 0.2) is 0 Å². The van der Waals surface area contributed by atoms with E-state index in [0.717, 1.165) is 29.8 Å². The molecule has 0 aromatic heterocycles. The van der Waals surface area contributed by atoms with E-state index in [1.807, 2.05) is 6.07 Å². The Morgan fingerprint density at radius 1 is 1.00 bits per heavy atom. The van der Waals surface area contributed by atoms with Crippen molar-refractivity contribution in [2.24, 2.45) is 0 Å². The summed E-state index contributed by atoms with van der Waals surface area (Å²) in [6.45, 7) is -0.321. The number of carbonyl (C=O) groups is 2. The fourth-order valence-electron chi connectivity index (χ4n) is 2.29. The van der Waals surface area contributed by atoms with Crippen LogP contribution >= 0.6 is 0 Å². The molecule has 2 atom stereocenters. The van der Waals surface area contributed by atoms with Crippen LogP contribution in [0.4, 0.5) is 18.0 Å². The number of rotatable bonds is 7. The predicted molar refractivity (Wildman–Crippen MR) is 92.4 cm³/mol. The highest BCUT2D eigenvalue weighted by atomic mass is 19.4. The zero-order chi connectivity index (χ0) is 20.7. The number of carbonyl (C=O) groups excluding carboxylic acids is 2. The minimum Gasteiger partial charge on any atom is -0.445 e. The molecule has 0 aliphatic heterocycles. The highest BCUT2D eigenvalue weighted by molar-refractivity contribution is 6.00. The number of nitrogens with one attached hydrogen (secondary N) is 1. The van der Waals surface area contributed by atoms with Crippen molar-refractivity contribution in [2.75, 3.05) is 6.54 Å². The summed E-state index contributed by atoms with van der Waals surface area (Å²) in [5.41, 5.74) is 0.276. The Hall–Kier alpha value is -2.91. The lowest BCUT2D eigenvalue weighted by molar-refractivity contribution is -0.0885. The molecule has 2 aromatic rings. The number of ether oxygens (including phenoxy) is 1. The Balaban J connectivity index is 1.84. The second-order valence-corrected chi connectivity index (χ2v) is 5.90. The maximum atomic E-state index is 12.4. The first-order valence-electron chi connectivity index (χ1n) is 8.20. The molecule has 0 saturated carbocycles. The molecular formula is C19H18F3NO5. The lowest BCUT2D eigenvalue weighted by Crippen LogP contribution is -2.35. The predicted octanol–water partition coefficient (Wildman–Crippen LogP) is 2.75. The van der Waals surface area contributed by atoms with E-state index in [1.165, 1.54) is 0 Å². The summed E-state index contributed by atoms with van der Waals surface area (Å²) in [4.78, 5) is 22.7. The Labute approximate surface area is 158 Å². The zero-order valence-electron chi connectivity index (χ0n) is 14.5. The third-order valence-corrected chi connectivity index (χ3v) is 3.80. The number of alkyl carbamates (subject to hydrolysis) is 1. The smallest absolute Gasteiger partial charge is 0.445 e. The van der Waals surface area contributed by atoms with Crippen LogP contribution in [0.25, 0.3) is 0 Å². The van der Waals surface area contributed by atoms with Gasteiger partial charge in [-0.15, -0.1) is 0 Å². The topological polar surface area (TPSA) is 95.9 Å². The molecule has 6 nitrogen and oxygen atoms in total. The molecule has 1 amide bonds. The standard InChI is InChI=1S/C19H18F3NO5/c20-19(21,22)17(26)14-8-6-13(7-9-14)16(25)15(24)10-23-18(27)28-11-12-4-2-1-3-5-12/h1-9,15-16,24-25H,10-11H2,(H,23,27). The SMILES string of the molecule is O=C(NCC(O)C(O)c1ccc(C(=O)C(F)(F)F)cc1)OCc1ccccc1. The number of aliphatic hydroxyl groups excluding tert-OH is 2. The molecule has 0 heterocycles. The largest absolute Gasteiger partial charge is 0.454 e. The molecule has 0 aliphatic carbocycles. The average Bonchev–Trinajstić information content (AvgIpc) is 2.69. The summed E-state index contributed by atoms with van der Waals surface area (Å²) in [6, 6.07) is 12.9.